The van der Waals surface area contributed by atoms with Crippen molar-refractivity contribution in [2.24, 2.45) is 4.99 Å². The van der Waals surface area contributed by atoms with Crippen LogP contribution in [0.4, 0.5) is 4.79 Å². The summed E-state index contributed by atoms with van der Waals surface area (Å²) in [6.45, 7) is 3.90. The third-order valence-electron chi connectivity index (χ3n) is 5.88. The second-order valence-electron chi connectivity index (χ2n) is 8.12. The maximum absolute atomic E-state index is 13.0. The van der Waals surface area contributed by atoms with Gasteiger partial charge in [0.1, 0.15) is 0 Å². The van der Waals surface area contributed by atoms with Gasteiger partial charge in [-0.15, -0.1) is 0 Å². The van der Waals surface area contributed by atoms with Crippen LogP contribution in [0.3, 0.4) is 0 Å². The van der Waals surface area contributed by atoms with E-state index in [0.717, 1.165) is 9.47 Å². The molecule has 1 aliphatic rings. The summed E-state index contributed by atoms with van der Waals surface area (Å²) in [5.74, 6) is -0.423. The SMILES string of the molecule is CCN1C(=O)N=C(c2ccccc2)C(=CC=CC=Cc2c(-c3ccccc3)[nH]c(=O)n(CC)c2=O)C1=O. The maximum Gasteiger partial charge on any atom is 0.351 e. The fraction of sp³-hybridized carbons (Fsp3) is 0.138. The minimum atomic E-state index is -0.592. The van der Waals surface area contributed by atoms with Crippen molar-refractivity contribution in [1.29, 1.82) is 0 Å². The number of imide groups is 1. The smallest absolute Gasteiger partial charge is 0.306 e. The van der Waals surface area contributed by atoms with E-state index in [9.17, 15) is 19.2 Å². The fourth-order valence-electron chi connectivity index (χ4n) is 4.02. The van der Waals surface area contributed by atoms with Crippen LogP contribution in [0.1, 0.15) is 25.0 Å². The average molecular weight is 495 g/mol. The summed E-state index contributed by atoms with van der Waals surface area (Å²) < 4.78 is 1.14. The Labute approximate surface area is 213 Å². The molecule has 3 amide bonds. The van der Waals surface area contributed by atoms with Crippen molar-refractivity contribution < 1.29 is 9.59 Å². The summed E-state index contributed by atoms with van der Waals surface area (Å²) in [7, 11) is 0. The number of rotatable bonds is 7. The first-order valence-corrected chi connectivity index (χ1v) is 11.9. The summed E-state index contributed by atoms with van der Waals surface area (Å²) in [6.07, 6.45) is 8.21. The molecule has 37 heavy (non-hydrogen) atoms. The number of carbonyl (C=O) groups excluding carboxylic acids is 2. The predicted molar refractivity (Wildman–Crippen MR) is 144 cm³/mol. The predicted octanol–water partition coefficient (Wildman–Crippen LogP) is 4.19. The fourth-order valence-corrected chi connectivity index (χ4v) is 4.02. The van der Waals surface area contributed by atoms with Gasteiger partial charge in [-0.05, 0) is 31.6 Å². The number of amides is 3. The minimum Gasteiger partial charge on any atom is -0.306 e. The molecule has 8 heteroatoms. The minimum absolute atomic E-state index is 0.211. The number of hydrogen-bond donors (Lipinski definition) is 1. The molecule has 0 spiro atoms. The number of aromatic amines is 1. The molecule has 1 N–H and O–H groups in total. The molecule has 1 aromatic heterocycles. The van der Waals surface area contributed by atoms with Crippen LogP contribution >= 0.6 is 0 Å². The van der Waals surface area contributed by atoms with Crippen molar-refractivity contribution in [3.63, 3.8) is 0 Å². The highest BCUT2D eigenvalue weighted by Crippen LogP contribution is 2.20. The van der Waals surface area contributed by atoms with Gasteiger partial charge in [-0.1, -0.05) is 78.9 Å². The van der Waals surface area contributed by atoms with Crippen molar-refractivity contribution in [3.8, 4) is 11.3 Å². The summed E-state index contributed by atoms with van der Waals surface area (Å²) in [4.78, 5) is 58.9. The van der Waals surface area contributed by atoms with Crippen LogP contribution < -0.4 is 11.2 Å². The Morgan fingerprint density at radius 2 is 1.46 bits per heavy atom. The number of aliphatic imine (C=N–C) groups is 1. The molecule has 1 aliphatic heterocycles. The zero-order valence-electron chi connectivity index (χ0n) is 20.5. The maximum atomic E-state index is 13.0. The highest BCUT2D eigenvalue weighted by molar-refractivity contribution is 6.34. The number of benzene rings is 2. The first-order chi connectivity index (χ1) is 18.0. The summed E-state index contributed by atoms with van der Waals surface area (Å²) >= 11 is 0. The van der Waals surface area contributed by atoms with Gasteiger partial charge in [0, 0.05) is 18.7 Å². The zero-order valence-corrected chi connectivity index (χ0v) is 20.5. The van der Waals surface area contributed by atoms with Gasteiger partial charge < -0.3 is 4.98 Å². The molecule has 0 aliphatic carbocycles. The molecule has 4 rings (SSSR count). The third-order valence-corrected chi connectivity index (χ3v) is 5.88. The summed E-state index contributed by atoms with van der Waals surface area (Å²) in [5, 5.41) is 0. The van der Waals surface area contributed by atoms with E-state index in [1.54, 1.807) is 56.4 Å². The van der Waals surface area contributed by atoms with Gasteiger partial charge in [-0.25, -0.2) is 9.59 Å². The number of nitrogens with zero attached hydrogens (tertiary/aromatic N) is 3. The number of urea groups is 1. The average Bonchev–Trinajstić information content (AvgIpc) is 2.91. The highest BCUT2D eigenvalue weighted by Gasteiger charge is 2.31. The topological polar surface area (TPSA) is 105 Å². The molecule has 0 bridgehead atoms. The normalized spacial score (nSPS) is 15.2. The van der Waals surface area contributed by atoms with Crippen molar-refractivity contribution in [2.45, 2.75) is 20.4 Å². The Bertz CT molecular complexity index is 1560. The first-order valence-electron chi connectivity index (χ1n) is 11.9. The molecule has 0 radical (unpaired) electrons. The second kappa shape index (κ2) is 11.3. The van der Waals surface area contributed by atoms with Gasteiger partial charge in [-0.2, -0.15) is 4.99 Å². The number of nitrogens with one attached hydrogen (secondary N) is 1. The van der Waals surface area contributed by atoms with Crippen LogP contribution in [-0.2, 0) is 11.3 Å². The van der Waals surface area contributed by atoms with E-state index in [2.05, 4.69) is 9.98 Å². The van der Waals surface area contributed by atoms with Gasteiger partial charge in [0.15, 0.2) is 0 Å². The van der Waals surface area contributed by atoms with E-state index < -0.39 is 23.2 Å². The molecule has 0 fully saturated rings. The number of likely N-dealkylation sites (N-methyl/N-ethyl adjacent to an activating group) is 1. The van der Waals surface area contributed by atoms with Crippen LogP contribution in [0.2, 0.25) is 0 Å². The summed E-state index contributed by atoms with van der Waals surface area (Å²) in [6, 6.07) is 17.6. The van der Waals surface area contributed by atoms with E-state index >= 15 is 0 Å². The Balaban J connectivity index is 1.71. The molecule has 0 atom stereocenters. The van der Waals surface area contributed by atoms with Crippen LogP contribution in [0, 0.1) is 0 Å². The lowest BCUT2D eigenvalue weighted by Gasteiger charge is -2.24. The molecule has 2 aromatic carbocycles. The number of hydrogen-bond acceptors (Lipinski definition) is 4. The molecular formula is C29H26N4O4. The van der Waals surface area contributed by atoms with Gasteiger partial charge in [-0.3, -0.25) is 19.1 Å². The number of H-pyrrole nitrogens is 1. The van der Waals surface area contributed by atoms with Crippen molar-refractivity contribution in [3.05, 3.63) is 123 Å². The lowest BCUT2D eigenvalue weighted by molar-refractivity contribution is -0.123. The number of allylic oxidation sites excluding steroid dienone is 4. The Kier molecular flexibility index (Phi) is 7.68. The van der Waals surface area contributed by atoms with Crippen molar-refractivity contribution >= 4 is 23.7 Å². The van der Waals surface area contributed by atoms with Gasteiger partial charge in [0.2, 0.25) is 0 Å². The number of carbonyl (C=O) groups is 2. The van der Waals surface area contributed by atoms with E-state index in [1.807, 2.05) is 48.5 Å². The zero-order chi connectivity index (χ0) is 26.4. The van der Waals surface area contributed by atoms with E-state index in [0.29, 0.717) is 33.7 Å². The van der Waals surface area contributed by atoms with Crippen LogP contribution in [0.15, 0.2) is 105 Å². The van der Waals surface area contributed by atoms with Gasteiger partial charge in [0.05, 0.1) is 22.5 Å². The second-order valence-corrected chi connectivity index (χ2v) is 8.12. The third kappa shape index (κ3) is 5.23. The first kappa shape index (κ1) is 25.2. The highest BCUT2D eigenvalue weighted by atomic mass is 16.2. The molecule has 8 nitrogen and oxygen atoms in total. The van der Waals surface area contributed by atoms with Crippen molar-refractivity contribution in [2.75, 3.05) is 6.54 Å². The monoisotopic (exact) mass is 494 g/mol. The molecule has 186 valence electrons. The quantitative estimate of drug-likeness (QED) is 0.393. The van der Waals surface area contributed by atoms with E-state index in [4.69, 9.17) is 0 Å². The van der Waals surface area contributed by atoms with Crippen LogP contribution in [0.25, 0.3) is 17.3 Å². The van der Waals surface area contributed by atoms with Crippen molar-refractivity contribution in [1.82, 2.24) is 14.5 Å². The molecular weight excluding hydrogens is 468 g/mol. The standard InChI is InChI=1S/C29H26N4O4/c1-3-32-26(34)22(24(30-28(32)36)20-14-8-5-9-15-20)18-12-7-13-19-23-25(21-16-10-6-11-17-21)31-29(37)33(4-2)27(23)35/h5-19H,3-4H2,1-2H3,(H,30,36). The largest absolute Gasteiger partial charge is 0.351 e. The molecule has 3 aromatic rings. The number of aromatic nitrogens is 2. The van der Waals surface area contributed by atoms with Crippen LogP contribution in [-0.4, -0.2) is 38.6 Å². The van der Waals surface area contributed by atoms with Crippen LogP contribution in [0.5, 0.6) is 0 Å². The molecule has 0 saturated carbocycles. The van der Waals surface area contributed by atoms with E-state index in [1.165, 1.54) is 0 Å². The molecule has 0 unspecified atom stereocenters. The Morgan fingerprint density at radius 3 is 2.08 bits per heavy atom. The lowest BCUT2D eigenvalue weighted by Crippen LogP contribution is -2.42. The molecule has 2 heterocycles. The molecule has 0 saturated heterocycles. The Hall–Kier alpha value is -4.85. The Morgan fingerprint density at radius 1 is 0.811 bits per heavy atom. The van der Waals surface area contributed by atoms with E-state index in [-0.39, 0.29) is 13.1 Å². The summed E-state index contributed by atoms with van der Waals surface area (Å²) in [5.41, 5.74) is 1.89. The van der Waals surface area contributed by atoms with Gasteiger partial charge >= 0.3 is 11.7 Å². The lowest BCUT2D eigenvalue weighted by atomic mass is 9.99. The van der Waals surface area contributed by atoms with Gasteiger partial charge in [0.25, 0.3) is 11.5 Å².